The highest BCUT2D eigenvalue weighted by Crippen LogP contribution is 2.19. The number of hydrogen-bond donors (Lipinski definition) is 3. The molecule has 1 unspecified atom stereocenters. The number of aliphatic hydroxyl groups is 1. The Morgan fingerprint density at radius 3 is 2.56 bits per heavy atom. The van der Waals surface area contributed by atoms with Gasteiger partial charge in [0.15, 0.2) is 5.96 Å². The SMILES string of the molecule is CCNC(=NCc1ccc(N(CC)CC)nc1)NCC(C)(O)c1ccco1. The molecule has 0 radical (unpaired) electrons. The Hall–Kier alpha value is -2.54. The van der Waals surface area contributed by atoms with E-state index in [-0.39, 0.29) is 6.54 Å². The minimum Gasteiger partial charge on any atom is -0.466 e. The summed E-state index contributed by atoms with van der Waals surface area (Å²) in [5.41, 5.74) is -0.0898. The first-order chi connectivity index (χ1) is 13.0. The summed E-state index contributed by atoms with van der Waals surface area (Å²) >= 11 is 0. The highest BCUT2D eigenvalue weighted by Gasteiger charge is 2.26. The van der Waals surface area contributed by atoms with Crippen molar-refractivity contribution in [2.45, 2.75) is 39.8 Å². The molecule has 0 aliphatic heterocycles. The number of guanidine groups is 1. The minimum absolute atomic E-state index is 0.283. The molecule has 0 bridgehead atoms. The summed E-state index contributed by atoms with van der Waals surface area (Å²) in [6, 6.07) is 7.60. The molecule has 0 aliphatic rings. The van der Waals surface area contributed by atoms with Gasteiger partial charge in [-0.15, -0.1) is 0 Å². The molecule has 0 saturated carbocycles. The number of furan rings is 1. The summed E-state index contributed by atoms with van der Waals surface area (Å²) in [4.78, 5) is 11.3. The summed E-state index contributed by atoms with van der Waals surface area (Å²) in [5.74, 6) is 2.13. The smallest absolute Gasteiger partial charge is 0.191 e. The molecule has 7 heteroatoms. The van der Waals surface area contributed by atoms with Gasteiger partial charge in [0.1, 0.15) is 17.2 Å². The van der Waals surface area contributed by atoms with Gasteiger partial charge in [-0.25, -0.2) is 9.98 Å². The van der Waals surface area contributed by atoms with Crippen LogP contribution in [0.3, 0.4) is 0 Å². The molecule has 2 aromatic rings. The van der Waals surface area contributed by atoms with Gasteiger partial charge < -0.3 is 25.1 Å². The maximum absolute atomic E-state index is 10.6. The van der Waals surface area contributed by atoms with Crippen LogP contribution in [0.2, 0.25) is 0 Å². The fourth-order valence-electron chi connectivity index (χ4n) is 2.68. The lowest BCUT2D eigenvalue weighted by atomic mass is 10.0. The molecule has 2 heterocycles. The van der Waals surface area contributed by atoms with E-state index in [4.69, 9.17) is 4.42 Å². The molecular weight excluding hydrogens is 342 g/mol. The molecule has 7 nitrogen and oxygen atoms in total. The van der Waals surface area contributed by atoms with E-state index in [1.807, 2.05) is 25.3 Å². The average Bonchev–Trinajstić information content (AvgIpc) is 3.22. The van der Waals surface area contributed by atoms with Crippen molar-refractivity contribution < 1.29 is 9.52 Å². The molecule has 0 aromatic carbocycles. The summed E-state index contributed by atoms with van der Waals surface area (Å²) < 4.78 is 5.31. The molecule has 148 valence electrons. The molecule has 3 N–H and O–H groups in total. The van der Waals surface area contributed by atoms with Gasteiger partial charge in [0, 0.05) is 25.8 Å². The number of aliphatic imine (C=N–C) groups is 1. The molecule has 27 heavy (non-hydrogen) atoms. The monoisotopic (exact) mass is 373 g/mol. The molecule has 1 atom stereocenters. The normalized spacial score (nSPS) is 13.9. The van der Waals surface area contributed by atoms with Crippen LogP contribution in [0.4, 0.5) is 5.82 Å². The molecule has 2 rings (SSSR count). The van der Waals surface area contributed by atoms with E-state index in [0.717, 1.165) is 31.0 Å². The standard InChI is InChI=1S/C20H31N5O2/c1-5-21-19(24-15-20(4,26)17-9-8-12-27-17)23-14-16-10-11-18(22-13-16)25(6-2)7-3/h8-13,26H,5-7,14-15H2,1-4H3,(H2,21,23,24). The van der Waals surface area contributed by atoms with Crippen LogP contribution >= 0.6 is 0 Å². The highest BCUT2D eigenvalue weighted by atomic mass is 16.4. The number of rotatable bonds is 9. The number of pyridine rings is 1. The molecule has 0 spiro atoms. The summed E-state index contributed by atoms with van der Waals surface area (Å²) in [6.07, 6.45) is 3.41. The van der Waals surface area contributed by atoms with E-state index in [1.54, 1.807) is 25.3 Å². The fraction of sp³-hybridized carbons (Fsp3) is 0.500. The second-order valence-electron chi connectivity index (χ2n) is 6.50. The van der Waals surface area contributed by atoms with Gasteiger partial charge in [-0.2, -0.15) is 0 Å². The van der Waals surface area contributed by atoms with Gasteiger partial charge in [0.2, 0.25) is 0 Å². The van der Waals surface area contributed by atoms with Crippen LogP contribution in [-0.4, -0.2) is 42.2 Å². The second kappa shape index (κ2) is 9.97. The zero-order chi connectivity index (χ0) is 19.7. The largest absolute Gasteiger partial charge is 0.466 e. The molecule has 2 aromatic heterocycles. The Labute approximate surface area is 161 Å². The lowest BCUT2D eigenvalue weighted by Gasteiger charge is -2.22. The van der Waals surface area contributed by atoms with Crippen LogP contribution in [0, 0.1) is 0 Å². The summed E-state index contributed by atoms with van der Waals surface area (Å²) in [5, 5.41) is 16.9. The van der Waals surface area contributed by atoms with Crippen molar-refractivity contribution in [1.29, 1.82) is 0 Å². The third kappa shape index (κ3) is 5.99. The van der Waals surface area contributed by atoms with E-state index in [1.165, 1.54) is 0 Å². The zero-order valence-electron chi connectivity index (χ0n) is 16.7. The minimum atomic E-state index is -1.12. The third-order valence-corrected chi connectivity index (χ3v) is 4.31. The summed E-state index contributed by atoms with van der Waals surface area (Å²) in [7, 11) is 0. The number of nitrogens with one attached hydrogen (secondary N) is 2. The van der Waals surface area contributed by atoms with Gasteiger partial charge >= 0.3 is 0 Å². The molecule has 0 fully saturated rings. The quantitative estimate of drug-likeness (QED) is 0.462. The predicted octanol–water partition coefficient (Wildman–Crippen LogP) is 2.48. The highest BCUT2D eigenvalue weighted by molar-refractivity contribution is 5.79. The maximum Gasteiger partial charge on any atom is 0.191 e. The summed E-state index contributed by atoms with van der Waals surface area (Å²) in [6.45, 7) is 11.3. The zero-order valence-corrected chi connectivity index (χ0v) is 16.7. The lowest BCUT2D eigenvalue weighted by Crippen LogP contribution is -2.44. The van der Waals surface area contributed by atoms with Gasteiger partial charge in [-0.05, 0) is 51.5 Å². The van der Waals surface area contributed by atoms with Crippen LogP contribution in [0.15, 0.2) is 46.1 Å². The van der Waals surface area contributed by atoms with Crippen LogP contribution in [0.25, 0.3) is 0 Å². The molecule has 0 aliphatic carbocycles. The van der Waals surface area contributed by atoms with Gasteiger partial charge in [-0.3, -0.25) is 0 Å². The van der Waals surface area contributed by atoms with Crippen molar-refractivity contribution in [1.82, 2.24) is 15.6 Å². The Morgan fingerprint density at radius 2 is 2.00 bits per heavy atom. The van der Waals surface area contributed by atoms with Crippen molar-refractivity contribution in [2.24, 2.45) is 4.99 Å². The Morgan fingerprint density at radius 1 is 1.22 bits per heavy atom. The van der Waals surface area contributed by atoms with Crippen molar-refractivity contribution >= 4 is 11.8 Å². The van der Waals surface area contributed by atoms with E-state index in [2.05, 4.69) is 39.4 Å². The number of anilines is 1. The van der Waals surface area contributed by atoms with Gasteiger partial charge in [0.05, 0.1) is 19.4 Å². The Balaban J connectivity index is 1.98. The molecule has 0 saturated heterocycles. The topological polar surface area (TPSA) is 85.9 Å². The second-order valence-corrected chi connectivity index (χ2v) is 6.50. The van der Waals surface area contributed by atoms with E-state index in [9.17, 15) is 5.11 Å². The molecular formula is C20H31N5O2. The van der Waals surface area contributed by atoms with E-state index in [0.29, 0.717) is 18.3 Å². The lowest BCUT2D eigenvalue weighted by molar-refractivity contribution is 0.0386. The Kier molecular flexibility index (Phi) is 7.67. The number of nitrogens with zero attached hydrogens (tertiary/aromatic N) is 3. The molecule has 0 amide bonds. The van der Waals surface area contributed by atoms with Gasteiger partial charge in [0.25, 0.3) is 0 Å². The van der Waals surface area contributed by atoms with Crippen LogP contribution < -0.4 is 15.5 Å². The third-order valence-electron chi connectivity index (χ3n) is 4.31. The fourth-order valence-corrected chi connectivity index (χ4v) is 2.68. The van der Waals surface area contributed by atoms with Crippen molar-refractivity contribution in [2.75, 3.05) is 31.1 Å². The van der Waals surface area contributed by atoms with E-state index < -0.39 is 5.60 Å². The maximum atomic E-state index is 10.6. The van der Waals surface area contributed by atoms with Crippen molar-refractivity contribution in [3.05, 3.63) is 48.0 Å². The van der Waals surface area contributed by atoms with Crippen molar-refractivity contribution in [3.63, 3.8) is 0 Å². The average molecular weight is 374 g/mol. The Bertz CT molecular complexity index is 692. The van der Waals surface area contributed by atoms with Gasteiger partial charge in [-0.1, -0.05) is 6.07 Å². The van der Waals surface area contributed by atoms with Crippen molar-refractivity contribution in [3.8, 4) is 0 Å². The van der Waals surface area contributed by atoms with Crippen LogP contribution in [0.1, 0.15) is 39.0 Å². The van der Waals surface area contributed by atoms with Crippen LogP contribution in [0.5, 0.6) is 0 Å². The number of hydrogen-bond acceptors (Lipinski definition) is 5. The first kappa shape index (κ1) is 20.8. The first-order valence-corrected chi connectivity index (χ1v) is 9.48. The number of aromatic nitrogens is 1. The first-order valence-electron chi connectivity index (χ1n) is 9.48. The van der Waals surface area contributed by atoms with E-state index >= 15 is 0 Å². The predicted molar refractivity (Wildman–Crippen MR) is 109 cm³/mol. The van der Waals surface area contributed by atoms with Crippen LogP contribution in [-0.2, 0) is 12.1 Å².